The third-order valence-corrected chi connectivity index (χ3v) is 5.79. The maximum absolute atomic E-state index is 10.2. The first kappa shape index (κ1) is 15.3. The SMILES string of the molecule is CCC(C)(C)C1CCC(O)C(OCC2CCCC2)C1. The van der Waals surface area contributed by atoms with Crippen LogP contribution in [0.3, 0.4) is 0 Å². The van der Waals surface area contributed by atoms with Crippen molar-refractivity contribution >= 4 is 0 Å². The summed E-state index contributed by atoms with van der Waals surface area (Å²) in [4.78, 5) is 0. The molecule has 2 heteroatoms. The standard InChI is InChI=1S/C17H32O2/c1-4-17(2,3)14-9-10-15(18)16(11-14)19-12-13-7-5-6-8-13/h13-16,18H,4-12H2,1-3H3. The molecule has 0 bridgehead atoms. The van der Waals surface area contributed by atoms with Gasteiger partial charge in [-0.15, -0.1) is 0 Å². The lowest BCUT2D eigenvalue weighted by atomic mass is 9.68. The first-order valence-corrected chi connectivity index (χ1v) is 8.32. The zero-order chi connectivity index (χ0) is 13.9. The van der Waals surface area contributed by atoms with Crippen molar-refractivity contribution < 1.29 is 9.84 Å². The van der Waals surface area contributed by atoms with Gasteiger partial charge in [-0.2, -0.15) is 0 Å². The lowest BCUT2D eigenvalue weighted by molar-refractivity contribution is -0.0935. The number of aliphatic hydroxyl groups is 1. The molecule has 3 atom stereocenters. The van der Waals surface area contributed by atoms with Gasteiger partial charge in [0.05, 0.1) is 12.2 Å². The van der Waals surface area contributed by atoms with Crippen LogP contribution < -0.4 is 0 Å². The van der Waals surface area contributed by atoms with Gasteiger partial charge in [0.1, 0.15) is 0 Å². The van der Waals surface area contributed by atoms with Crippen LogP contribution in [-0.4, -0.2) is 23.9 Å². The van der Waals surface area contributed by atoms with Crippen molar-refractivity contribution in [2.45, 2.75) is 84.3 Å². The van der Waals surface area contributed by atoms with Gasteiger partial charge >= 0.3 is 0 Å². The van der Waals surface area contributed by atoms with E-state index in [2.05, 4.69) is 20.8 Å². The monoisotopic (exact) mass is 268 g/mol. The van der Waals surface area contributed by atoms with Gasteiger partial charge < -0.3 is 9.84 Å². The number of aliphatic hydroxyl groups excluding tert-OH is 1. The Balaban J connectivity index is 1.83. The van der Waals surface area contributed by atoms with Gasteiger partial charge in [-0.1, -0.05) is 40.0 Å². The third kappa shape index (κ3) is 3.95. The highest BCUT2D eigenvalue weighted by Gasteiger charge is 2.37. The Morgan fingerprint density at radius 3 is 2.42 bits per heavy atom. The van der Waals surface area contributed by atoms with E-state index in [1.165, 1.54) is 32.1 Å². The fourth-order valence-corrected chi connectivity index (χ4v) is 3.73. The zero-order valence-corrected chi connectivity index (χ0v) is 13.0. The van der Waals surface area contributed by atoms with Gasteiger partial charge in [-0.3, -0.25) is 0 Å². The molecule has 0 radical (unpaired) electrons. The van der Waals surface area contributed by atoms with E-state index in [1.54, 1.807) is 0 Å². The Hall–Kier alpha value is -0.0800. The van der Waals surface area contributed by atoms with Gasteiger partial charge in [0.2, 0.25) is 0 Å². The number of hydrogen-bond acceptors (Lipinski definition) is 2. The van der Waals surface area contributed by atoms with Gasteiger partial charge in [0.25, 0.3) is 0 Å². The largest absolute Gasteiger partial charge is 0.390 e. The minimum atomic E-state index is -0.231. The summed E-state index contributed by atoms with van der Waals surface area (Å²) in [5, 5.41) is 10.2. The number of rotatable bonds is 5. The predicted octanol–water partition coefficient (Wildman–Crippen LogP) is 4.16. The first-order chi connectivity index (χ1) is 9.03. The molecular formula is C17H32O2. The van der Waals surface area contributed by atoms with Gasteiger partial charge in [-0.05, 0) is 49.4 Å². The highest BCUT2D eigenvalue weighted by Crippen LogP contribution is 2.41. The summed E-state index contributed by atoms with van der Waals surface area (Å²) in [5.74, 6) is 1.46. The van der Waals surface area contributed by atoms with Crippen LogP contribution in [0.25, 0.3) is 0 Å². The minimum absolute atomic E-state index is 0.0881. The lowest BCUT2D eigenvalue weighted by Gasteiger charge is -2.41. The van der Waals surface area contributed by atoms with Crippen LogP contribution in [0.2, 0.25) is 0 Å². The molecule has 0 aromatic carbocycles. The smallest absolute Gasteiger partial charge is 0.0836 e. The van der Waals surface area contributed by atoms with Crippen LogP contribution >= 0.6 is 0 Å². The highest BCUT2D eigenvalue weighted by molar-refractivity contribution is 4.88. The molecule has 0 amide bonds. The van der Waals surface area contributed by atoms with Crippen molar-refractivity contribution in [3.05, 3.63) is 0 Å². The Morgan fingerprint density at radius 1 is 1.11 bits per heavy atom. The normalized spacial score (nSPS) is 33.8. The van der Waals surface area contributed by atoms with E-state index in [1.807, 2.05) is 0 Å². The Kier molecular flexibility index (Phi) is 5.30. The summed E-state index contributed by atoms with van der Waals surface area (Å²) in [5.41, 5.74) is 0.384. The molecule has 0 heterocycles. The summed E-state index contributed by atoms with van der Waals surface area (Å²) in [7, 11) is 0. The zero-order valence-electron chi connectivity index (χ0n) is 13.0. The highest BCUT2D eigenvalue weighted by atomic mass is 16.5. The van der Waals surface area contributed by atoms with Gasteiger partial charge in [0.15, 0.2) is 0 Å². The molecule has 3 unspecified atom stereocenters. The number of ether oxygens (including phenoxy) is 1. The quantitative estimate of drug-likeness (QED) is 0.811. The molecule has 1 N–H and O–H groups in total. The maximum Gasteiger partial charge on any atom is 0.0836 e. The first-order valence-electron chi connectivity index (χ1n) is 8.32. The molecule has 0 aliphatic heterocycles. The fourth-order valence-electron chi connectivity index (χ4n) is 3.73. The van der Waals surface area contributed by atoms with E-state index < -0.39 is 0 Å². The van der Waals surface area contributed by atoms with Crippen LogP contribution in [0.4, 0.5) is 0 Å². The van der Waals surface area contributed by atoms with Crippen LogP contribution in [0, 0.1) is 17.3 Å². The van der Waals surface area contributed by atoms with Crippen LogP contribution in [-0.2, 0) is 4.74 Å². The summed E-state index contributed by atoms with van der Waals surface area (Å²) in [6, 6.07) is 0. The molecule has 0 aromatic rings. The van der Waals surface area contributed by atoms with Crippen molar-refractivity contribution in [1.29, 1.82) is 0 Å². The summed E-state index contributed by atoms with van der Waals surface area (Å²) < 4.78 is 6.10. The van der Waals surface area contributed by atoms with E-state index in [0.717, 1.165) is 31.8 Å². The van der Waals surface area contributed by atoms with E-state index in [4.69, 9.17) is 4.74 Å². The Labute approximate surface area is 118 Å². The number of hydrogen-bond donors (Lipinski definition) is 1. The van der Waals surface area contributed by atoms with E-state index >= 15 is 0 Å². The molecule has 2 nitrogen and oxygen atoms in total. The molecule has 2 aliphatic carbocycles. The van der Waals surface area contributed by atoms with Crippen molar-refractivity contribution in [2.24, 2.45) is 17.3 Å². The topological polar surface area (TPSA) is 29.5 Å². The van der Waals surface area contributed by atoms with Crippen molar-refractivity contribution in [3.63, 3.8) is 0 Å². The Morgan fingerprint density at radius 2 is 1.79 bits per heavy atom. The summed E-state index contributed by atoms with van der Waals surface area (Å²) in [6.45, 7) is 7.88. The molecule has 112 valence electrons. The van der Waals surface area contributed by atoms with E-state index in [9.17, 15) is 5.11 Å². The third-order valence-electron chi connectivity index (χ3n) is 5.79. The van der Waals surface area contributed by atoms with Crippen LogP contribution in [0.15, 0.2) is 0 Å². The molecule has 2 saturated carbocycles. The van der Waals surface area contributed by atoms with Gasteiger partial charge in [0, 0.05) is 6.61 Å². The maximum atomic E-state index is 10.2. The summed E-state index contributed by atoms with van der Waals surface area (Å²) in [6.07, 6.45) is 9.58. The van der Waals surface area contributed by atoms with E-state index in [0.29, 0.717) is 11.3 Å². The molecular weight excluding hydrogens is 236 g/mol. The minimum Gasteiger partial charge on any atom is -0.390 e. The molecule has 2 aliphatic rings. The molecule has 0 aromatic heterocycles. The second-order valence-electron chi connectivity index (χ2n) is 7.44. The average Bonchev–Trinajstić information content (AvgIpc) is 2.90. The molecule has 0 spiro atoms. The van der Waals surface area contributed by atoms with Crippen LogP contribution in [0.5, 0.6) is 0 Å². The lowest BCUT2D eigenvalue weighted by Crippen LogP contribution is -2.41. The molecule has 2 rings (SSSR count). The molecule has 19 heavy (non-hydrogen) atoms. The van der Waals surface area contributed by atoms with Crippen molar-refractivity contribution in [3.8, 4) is 0 Å². The molecule has 0 saturated heterocycles. The second kappa shape index (κ2) is 6.58. The average molecular weight is 268 g/mol. The summed E-state index contributed by atoms with van der Waals surface area (Å²) >= 11 is 0. The second-order valence-corrected chi connectivity index (χ2v) is 7.44. The molecule has 2 fully saturated rings. The fraction of sp³-hybridized carbons (Fsp3) is 1.00. The van der Waals surface area contributed by atoms with Crippen LogP contribution in [0.1, 0.15) is 72.1 Å². The Bertz CT molecular complexity index is 268. The van der Waals surface area contributed by atoms with Gasteiger partial charge in [-0.25, -0.2) is 0 Å². The van der Waals surface area contributed by atoms with Crippen molar-refractivity contribution in [1.82, 2.24) is 0 Å². The van der Waals surface area contributed by atoms with Crippen molar-refractivity contribution in [2.75, 3.05) is 6.61 Å². The van der Waals surface area contributed by atoms with E-state index in [-0.39, 0.29) is 12.2 Å². The predicted molar refractivity (Wildman–Crippen MR) is 79.1 cm³/mol.